The van der Waals surface area contributed by atoms with Crippen molar-refractivity contribution in [2.45, 2.75) is 4.90 Å². The number of halogens is 2. The summed E-state index contributed by atoms with van der Waals surface area (Å²) in [6, 6.07) is 9.32. The molecule has 3 rings (SSSR count). The molecule has 0 aliphatic rings. The van der Waals surface area contributed by atoms with Gasteiger partial charge in [0.25, 0.3) is 0 Å². The summed E-state index contributed by atoms with van der Waals surface area (Å²) >= 11 is 6.15. The van der Waals surface area contributed by atoms with E-state index in [2.05, 4.69) is 4.98 Å². The van der Waals surface area contributed by atoms with Crippen LogP contribution in [0.3, 0.4) is 0 Å². The van der Waals surface area contributed by atoms with Crippen molar-refractivity contribution < 1.29 is 31.9 Å². The van der Waals surface area contributed by atoms with Crippen molar-refractivity contribution in [3.63, 3.8) is 0 Å². The van der Waals surface area contributed by atoms with Gasteiger partial charge < -0.3 is 14.5 Å². The topological polar surface area (TPSA) is 131 Å². The first-order valence-corrected chi connectivity index (χ1v) is 11.3. The van der Waals surface area contributed by atoms with E-state index in [1.165, 1.54) is 46.8 Å². The van der Waals surface area contributed by atoms with Crippen molar-refractivity contribution in [1.82, 2.24) is 14.0 Å². The fraction of sp³-hybridized carbons (Fsp3) is 0.0625. The van der Waals surface area contributed by atoms with Crippen LogP contribution in [-0.2, 0) is 14.6 Å². The van der Waals surface area contributed by atoms with Gasteiger partial charge in [-0.15, -0.1) is 4.49 Å². The molecular formula is C16H14ClFK3N3O6PS. The normalized spacial score (nSPS) is 11.0. The van der Waals surface area contributed by atoms with Gasteiger partial charge in [0.2, 0.25) is 10.0 Å². The van der Waals surface area contributed by atoms with Crippen molar-refractivity contribution in [2.24, 2.45) is 0 Å². The molecule has 0 atom stereocenters. The number of benzene rings is 2. The first-order valence-electron chi connectivity index (χ1n) is 7.78. The fourth-order valence-electron chi connectivity index (χ4n) is 2.59. The summed E-state index contributed by atoms with van der Waals surface area (Å²) in [6.07, 6.45) is 1.37. The van der Waals surface area contributed by atoms with Crippen LogP contribution in [0.2, 0.25) is 5.15 Å². The van der Waals surface area contributed by atoms with Gasteiger partial charge in [-0.1, -0.05) is 11.6 Å². The van der Waals surface area contributed by atoms with E-state index in [0.29, 0.717) is 16.9 Å². The van der Waals surface area contributed by atoms with Gasteiger partial charge in [-0.05, 0) is 42.5 Å². The first-order chi connectivity index (χ1) is 13.5. The van der Waals surface area contributed by atoms with E-state index >= 15 is 0 Å². The van der Waals surface area contributed by atoms with E-state index in [-0.39, 0.29) is 170 Å². The summed E-state index contributed by atoms with van der Waals surface area (Å²) in [5.41, 5.74) is 1.20. The number of rotatable bonds is 6. The van der Waals surface area contributed by atoms with Gasteiger partial charge in [-0.25, -0.2) is 22.4 Å². The largest absolute Gasteiger partial charge is 0.494 e. The number of sulfonamides is 1. The molecular weight excluding hydrogens is 565 g/mol. The quantitative estimate of drug-likeness (QED) is 0.299. The molecule has 0 aliphatic carbocycles. The van der Waals surface area contributed by atoms with E-state index in [4.69, 9.17) is 26.1 Å². The maximum absolute atomic E-state index is 14.1. The zero-order valence-corrected chi connectivity index (χ0v) is 29.5. The molecule has 1 heterocycles. The Labute approximate surface area is 316 Å². The number of aromatic nitrogens is 2. The molecule has 32 heavy (non-hydrogen) atoms. The number of nitrogens with one attached hydrogen (secondary N) is 1. The number of methoxy groups -OCH3 is 1. The van der Waals surface area contributed by atoms with Gasteiger partial charge in [0, 0.05) is 165 Å². The second-order valence-corrected chi connectivity index (χ2v) is 9.39. The van der Waals surface area contributed by atoms with E-state index < -0.39 is 23.6 Å². The predicted molar refractivity (Wildman–Crippen MR) is 120 cm³/mol. The summed E-state index contributed by atoms with van der Waals surface area (Å²) in [5.74, 6) is -0.540. The van der Waals surface area contributed by atoms with Crippen LogP contribution in [0.4, 0.5) is 4.39 Å². The van der Waals surface area contributed by atoms with Gasteiger partial charge in [0.1, 0.15) is 6.33 Å². The van der Waals surface area contributed by atoms with Crippen molar-refractivity contribution in [3.8, 4) is 22.7 Å². The summed E-state index contributed by atoms with van der Waals surface area (Å²) < 4.78 is 56.7. The van der Waals surface area contributed by atoms with Crippen LogP contribution in [0.15, 0.2) is 53.7 Å². The van der Waals surface area contributed by atoms with Gasteiger partial charge in [0.05, 0.1) is 17.7 Å². The average molecular weight is 579 g/mol. The zero-order valence-electron chi connectivity index (χ0n) is 17.7. The number of ether oxygens (including phenoxy) is 1. The molecule has 0 saturated carbocycles. The van der Waals surface area contributed by atoms with E-state index in [9.17, 15) is 17.4 Å². The maximum Gasteiger partial charge on any atom is 0.414 e. The third kappa shape index (κ3) is 8.89. The van der Waals surface area contributed by atoms with Crippen LogP contribution in [0.5, 0.6) is 5.75 Å². The molecule has 0 aliphatic heterocycles. The Morgan fingerprint density at radius 1 is 1.12 bits per heavy atom. The fourth-order valence-corrected chi connectivity index (χ4v) is 5.00. The van der Waals surface area contributed by atoms with Crippen LogP contribution < -0.4 is 9.23 Å². The smallest absolute Gasteiger partial charge is 0.414 e. The predicted octanol–water partition coefficient (Wildman–Crippen LogP) is 1.57. The maximum atomic E-state index is 14.1. The summed E-state index contributed by atoms with van der Waals surface area (Å²) in [5, 5.41) is 0.0921. The Hall–Kier alpha value is 2.64. The molecule has 0 spiro atoms. The molecule has 3 N–H and O–H groups in total. The molecule has 0 amide bonds. The first kappa shape index (κ1) is 34.6. The van der Waals surface area contributed by atoms with Gasteiger partial charge in [-0.2, -0.15) is 0 Å². The van der Waals surface area contributed by atoms with Crippen LogP contribution >= 0.6 is 19.3 Å². The SMILES string of the molecule is COc1ccc(-c2c(Cl)ncn2-c2ccc(S(=O)(=O)NP(=O)(O)O)cc2)cc1F.[K].[K].[K]. The molecule has 0 unspecified atom stereocenters. The molecule has 0 saturated heterocycles. The second-order valence-electron chi connectivity index (χ2n) is 5.74. The molecule has 9 nitrogen and oxygen atoms in total. The minimum atomic E-state index is -5.00. The van der Waals surface area contributed by atoms with E-state index in [0.717, 1.165) is 12.1 Å². The Morgan fingerprint density at radius 2 is 1.72 bits per heavy atom. The van der Waals surface area contributed by atoms with Gasteiger partial charge >= 0.3 is 7.75 Å². The Balaban J connectivity index is 0.00000320. The van der Waals surface area contributed by atoms with Crippen molar-refractivity contribution in [1.29, 1.82) is 0 Å². The second kappa shape index (κ2) is 14.5. The average Bonchev–Trinajstić information content (AvgIpc) is 3.01. The van der Waals surface area contributed by atoms with Crippen molar-refractivity contribution in [2.75, 3.05) is 7.11 Å². The van der Waals surface area contributed by atoms with Crippen LogP contribution in [0.25, 0.3) is 16.9 Å². The summed E-state index contributed by atoms with van der Waals surface area (Å²) in [7, 11) is -8.07. The van der Waals surface area contributed by atoms with E-state index in [1.54, 1.807) is 6.07 Å². The summed E-state index contributed by atoms with van der Waals surface area (Å²) in [6.45, 7) is 0. The van der Waals surface area contributed by atoms with E-state index in [1.807, 2.05) is 0 Å². The number of hydrogen-bond donors (Lipinski definition) is 3. The number of nitrogens with zero attached hydrogens (tertiary/aromatic N) is 2. The van der Waals surface area contributed by atoms with Crippen LogP contribution in [0.1, 0.15) is 0 Å². The molecule has 0 fully saturated rings. The van der Waals surface area contributed by atoms with Crippen molar-refractivity contribution in [3.05, 3.63) is 59.8 Å². The molecule has 3 aromatic rings. The standard InChI is InChI=1S/C16H14ClFN3O6PS.3K/c1-27-14-7-2-10(8-13(14)18)15-16(17)19-9-21(15)11-3-5-12(6-4-11)29(25,26)20-28(22,23)24;;;/h2-9H,1H3,(H3,20,22,23,24);;;. The molecule has 16 heteroatoms. The molecule has 2 aromatic carbocycles. The minimum absolute atomic E-state index is 0. The molecule has 1 aromatic heterocycles. The monoisotopic (exact) mass is 578 g/mol. The van der Waals surface area contributed by atoms with Crippen molar-refractivity contribution >= 4 is 184 Å². The summed E-state index contributed by atoms with van der Waals surface area (Å²) in [4.78, 5) is 21.3. The molecule has 0 bridgehead atoms. The number of imidazole rings is 1. The third-order valence-corrected chi connectivity index (χ3v) is 6.89. The van der Waals surface area contributed by atoms with Crippen LogP contribution in [-0.4, -0.2) is 189 Å². The Bertz CT molecular complexity index is 1220. The Kier molecular flexibility index (Phi) is 15.7. The molecule has 3 radical (unpaired) electrons. The Morgan fingerprint density at radius 3 is 2.22 bits per heavy atom. The zero-order chi connectivity index (χ0) is 21.4. The van der Waals surface area contributed by atoms with Gasteiger partial charge in [-0.3, -0.25) is 4.57 Å². The van der Waals surface area contributed by atoms with Gasteiger partial charge in [0.15, 0.2) is 16.7 Å². The van der Waals surface area contributed by atoms with Crippen LogP contribution in [0, 0.1) is 5.82 Å². The molecule has 157 valence electrons. The third-order valence-electron chi connectivity index (χ3n) is 3.81. The number of hydrogen-bond acceptors (Lipinski definition) is 5. The minimum Gasteiger partial charge on any atom is -0.494 e.